The summed E-state index contributed by atoms with van der Waals surface area (Å²) in [5.74, 6) is 0. The van der Waals surface area contributed by atoms with Crippen molar-refractivity contribution in [3.05, 3.63) is 48.5 Å². The van der Waals surface area contributed by atoms with Gasteiger partial charge in [-0.25, -0.2) is 0 Å². The van der Waals surface area contributed by atoms with Gasteiger partial charge in [-0.1, -0.05) is 18.2 Å². The first-order valence-corrected chi connectivity index (χ1v) is 6.30. The van der Waals surface area contributed by atoms with Crippen LogP contribution in [0, 0.1) is 0 Å². The number of hydrogen-bond acceptors (Lipinski definition) is 4. The minimum atomic E-state index is 0.725. The van der Waals surface area contributed by atoms with Crippen LogP contribution in [0.5, 0.6) is 0 Å². The van der Waals surface area contributed by atoms with E-state index in [0.717, 1.165) is 29.4 Å². The highest BCUT2D eigenvalue weighted by Crippen LogP contribution is 2.32. The Hall–Kier alpha value is -2.20. The third-order valence-corrected chi connectivity index (χ3v) is 2.96. The molecule has 100 valence electrons. The molecule has 0 fully saturated rings. The number of hydrogen-bond donors (Lipinski definition) is 3. The minimum absolute atomic E-state index is 0.725. The SMILES string of the molecule is CNCN(c1ccccc1)c1ccc(N)cc1NC. The van der Waals surface area contributed by atoms with E-state index in [1.807, 2.05) is 50.5 Å². The van der Waals surface area contributed by atoms with Gasteiger partial charge in [-0.3, -0.25) is 0 Å². The summed E-state index contributed by atoms with van der Waals surface area (Å²) in [5.41, 5.74) is 9.84. The normalized spacial score (nSPS) is 10.2. The quantitative estimate of drug-likeness (QED) is 0.568. The summed E-state index contributed by atoms with van der Waals surface area (Å²) in [4.78, 5) is 2.20. The number of para-hydroxylation sites is 1. The smallest absolute Gasteiger partial charge is 0.0730 e. The molecule has 0 aliphatic heterocycles. The van der Waals surface area contributed by atoms with Crippen LogP contribution >= 0.6 is 0 Å². The Morgan fingerprint density at radius 3 is 2.42 bits per heavy atom. The Kier molecular flexibility index (Phi) is 4.26. The average Bonchev–Trinajstić information content (AvgIpc) is 2.46. The van der Waals surface area contributed by atoms with Crippen LogP contribution in [0.3, 0.4) is 0 Å². The van der Waals surface area contributed by atoms with Gasteiger partial charge >= 0.3 is 0 Å². The van der Waals surface area contributed by atoms with Gasteiger partial charge in [-0.15, -0.1) is 0 Å². The number of nitrogen functional groups attached to an aromatic ring is 1. The Bertz CT molecular complexity index is 525. The first kappa shape index (κ1) is 13.2. The van der Waals surface area contributed by atoms with E-state index in [-0.39, 0.29) is 0 Å². The number of benzene rings is 2. The van der Waals surface area contributed by atoms with E-state index in [0.29, 0.717) is 0 Å². The molecule has 19 heavy (non-hydrogen) atoms. The number of anilines is 4. The Morgan fingerprint density at radius 1 is 1.05 bits per heavy atom. The molecule has 0 heterocycles. The predicted molar refractivity (Wildman–Crippen MR) is 82.9 cm³/mol. The summed E-state index contributed by atoms with van der Waals surface area (Å²) in [5, 5.41) is 6.39. The maximum absolute atomic E-state index is 5.84. The highest BCUT2D eigenvalue weighted by Gasteiger charge is 2.12. The van der Waals surface area contributed by atoms with E-state index in [1.54, 1.807) is 0 Å². The van der Waals surface area contributed by atoms with Crippen LogP contribution in [0.15, 0.2) is 48.5 Å². The Morgan fingerprint density at radius 2 is 1.79 bits per heavy atom. The van der Waals surface area contributed by atoms with Gasteiger partial charge in [-0.2, -0.15) is 0 Å². The Balaban J connectivity index is 2.45. The third kappa shape index (κ3) is 2.98. The standard InChI is InChI=1S/C15H20N4/c1-17-11-19(13-6-4-3-5-7-13)15-9-8-12(16)10-14(15)18-2/h3-10,17-18H,11,16H2,1-2H3. The van der Waals surface area contributed by atoms with Gasteiger partial charge in [0.1, 0.15) is 0 Å². The maximum atomic E-state index is 5.84. The Labute approximate surface area is 114 Å². The fraction of sp³-hybridized carbons (Fsp3) is 0.200. The number of nitrogens with two attached hydrogens (primary N) is 1. The molecule has 0 aromatic heterocycles. The molecule has 4 nitrogen and oxygen atoms in total. The van der Waals surface area contributed by atoms with Gasteiger partial charge in [0.25, 0.3) is 0 Å². The average molecular weight is 256 g/mol. The molecule has 0 bridgehead atoms. The van der Waals surface area contributed by atoms with Gasteiger partial charge in [0.2, 0.25) is 0 Å². The van der Waals surface area contributed by atoms with Crippen molar-refractivity contribution < 1.29 is 0 Å². The van der Waals surface area contributed by atoms with Crippen LogP contribution in [-0.4, -0.2) is 20.8 Å². The van der Waals surface area contributed by atoms with E-state index in [4.69, 9.17) is 5.73 Å². The molecule has 0 saturated carbocycles. The second-order valence-corrected chi connectivity index (χ2v) is 4.30. The number of nitrogens with zero attached hydrogens (tertiary/aromatic N) is 1. The molecule has 0 atom stereocenters. The molecule has 2 rings (SSSR count). The molecule has 0 aliphatic carbocycles. The molecule has 0 saturated heterocycles. The lowest BCUT2D eigenvalue weighted by Gasteiger charge is -2.27. The fourth-order valence-electron chi connectivity index (χ4n) is 2.07. The lowest BCUT2D eigenvalue weighted by Crippen LogP contribution is -2.28. The van der Waals surface area contributed by atoms with Crippen molar-refractivity contribution in [3.8, 4) is 0 Å². The molecule has 2 aromatic carbocycles. The van der Waals surface area contributed by atoms with Crippen LogP contribution in [0.4, 0.5) is 22.7 Å². The van der Waals surface area contributed by atoms with Gasteiger partial charge < -0.3 is 21.3 Å². The van der Waals surface area contributed by atoms with Crippen LogP contribution in [0.1, 0.15) is 0 Å². The molecular formula is C15H20N4. The van der Waals surface area contributed by atoms with Crippen LogP contribution < -0.4 is 21.3 Å². The molecule has 4 heteroatoms. The molecule has 0 aliphatic rings. The summed E-state index contributed by atoms with van der Waals surface area (Å²) in [6.07, 6.45) is 0. The minimum Gasteiger partial charge on any atom is -0.399 e. The highest BCUT2D eigenvalue weighted by atomic mass is 15.2. The van der Waals surface area contributed by atoms with Gasteiger partial charge in [0.15, 0.2) is 0 Å². The summed E-state index contributed by atoms with van der Waals surface area (Å²) >= 11 is 0. The summed E-state index contributed by atoms with van der Waals surface area (Å²) in [6.45, 7) is 0.725. The lowest BCUT2D eigenvalue weighted by molar-refractivity contribution is 0.802. The number of nitrogens with one attached hydrogen (secondary N) is 2. The molecular weight excluding hydrogens is 236 g/mol. The van der Waals surface area contributed by atoms with E-state index >= 15 is 0 Å². The zero-order valence-corrected chi connectivity index (χ0v) is 11.4. The third-order valence-electron chi connectivity index (χ3n) is 2.96. The van der Waals surface area contributed by atoms with E-state index in [9.17, 15) is 0 Å². The first-order valence-electron chi connectivity index (χ1n) is 6.30. The summed E-state index contributed by atoms with van der Waals surface area (Å²) in [7, 11) is 3.84. The number of rotatable bonds is 5. The summed E-state index contributed by atoms with van der Waals surface area (Å²) in [6, 6.07) is 16.2. The van der Waals surface area contributed by atoms with Gasteiger partial charge in [0, 0.05) is 18.4 Å². The van der Waals surface area contributed by atoms with Crippen LogP contribution in [0.2, 0.25) is 0 Å². The molecule has 0 radical (unpaired) electrons. The van der Waals surface area contributed by atoms with Crippen molar-refractivity contribution in [3.63, 3.8) is 0 Å². The zero-order chi connectivity index (χ0) is 13.7. The molecule has 2 aromatic rings. The first-order chi connectivity index (χ1) is 9.26. The predicted octanol–water partition coefficient (Wildman–Crippen LogP) is 2.63. The summed E-state index contributed by atoms with van der Waals surface area (Å²) < 4.78 is 0. The van der Waals surface area contributed by atoms with Gasteiger partial charge in [0.05, 0.1) is 18.0 Å². The van der Waals surface area contributed by atoms with Gasteiger partial charge in [-0.05, 0) is 37.4 Å². The second-order valence-electron chi connectivity index (χ2n) is 4.30. The highest BCUT2D eigenvalue weighted by molar-refractivity contribution is 5.79. The monoisotopic (exact) mass is 256 g/mol. The van der Waals surface area contributed by atoms with Crippen molar-refractivity contribution in [1.82, 2.24) is 5.32 Å². The van der Waals surface area contributed by atoms with E-state index < -0.39 is 0 Å². The van der Waals surface area contributed by atoms with Crippen LogP contribution in [0.25, 0.3) is 0 Å². The zero-order valence-electron chi connectivity index (χ0n) is 11.4. The molecule has 4 N–H and O–H groups in total. The van der Waals surface area contributed by atoms with Crippen molar-refractivity contribution in [2.24, 2.45) is 0 Å². The van der Waals surface area contributed by atoms with Crippen molar-refractivity contribution in [1.29, 1.82) is 0 Å². The van der Waals surface area contributed by atoms with Crippen molar-refractivity contribution >= 4 is 22.7 Å². The van der Waals surface area contributed by atoms with Crippen molar-refractivity contribution in [2.45, 2.75) is 0 Å². The molecule has 0 spiro atoms. The van der Waals surface area contributed by atoms with Crippen LogP contribution in [-0.2, 0) is 0 Å². The molecule has 0 amide bonds. The fourth-order valence-corrected chi connectivity index (χ4v) is 2.07. The largest absolute Gasteiger partial charge is 0.399 e. The van der Waals surface area contributed by atoms with Crippen molar-refractivity contribution in [2.75, 3.05) is 36.7 Å². The molecule has 0 unspecified atom stereocenters. The van der Waals surface area contributed by atoms with E-state index in [2.05, 4.69) is 27.7 Å². The van der Waals surface area contributed by atoms with E-state index in [1.165, 1.54) is 0 Å². The topological polar surface area (TPSA) is 53.3 Å². The second kappa shape index (κ2) is 6.11. The lowest BCUT2D eigenvalue weighted by atomic mass is 10.2. The maximum Gasteiger partial charge on any atom is 0.0730 e.